The number of hydrogen-bond donors (Lipinski definition) is 0. The number of allylic oxidation sites excluding steroid dienone is 5. The Balaban J connectivity index is 1.98. The van der Waals surface area contributed by atoms with Crippen molar-refractivity contribution in [1.82, 2.24) is 0 Å². The molecule has 148 valence electrons. The average molecular weight is 384 g/mol. The summed E-state index contributed by atoms with van der Waals surface area (Å²) in [6, 6.07) is 0. The van der Waals surface area contributed by atoms with E-state index in [1.165, 1.54) is 19.3 Å². The van der Waals surface area contributed by atoms with Crippen molar-refractivity contribution in [1.29, 1.82) is 0 Å². The van der Waals surface area contributed by atoms with Crippen LogP contribution in [-0.2, 0) is 28.7 Å². The monoisotopic (exact) mass is 384 g/mol. The molecule has 0 unspecified atom stereocenters. The normalized spacial score (nSPS) is 29.0. The molecule has 0 bridgehead atoms. The molecule has 0 amide bonds. The first kappa shape index (κ1) is 20.0. The molecule has 3 rings (SSSR count). The Morgan fingerprint density at radius 3 is 2.71 bits per heavy atom. The van der Waals surface area contributed by atoms with Crippen LogP contribution in [0.4, 0.5) is 0 Å². The van der Waals surface area contributed by atoms with Gasteiger partial charge in [0.15, 0.2) is 17.7 Å². The summed E-state index contributed by atoms with van der Waals surface area (Å²) in [6.45, 7) is 5.25. The predicted molar refractivity (Wildman–Crippen MR) is 101 cm³/mol. The van der Waals surface area contributed by atoms with Crippen LogP contribution in [0.3, 0.4) is 0 Å². The summed E-state index contributed by atoms with van der Waals surface area (Å²) in [5, 5.41) is 0. The summed E-state index contributed by atoms with van der Waals surface area (Å²) >= 11 is 0. The van der Waals surface area contributed by atoms with Crippen molar-refractivity contribution < 1.29 is 28.7 Å². The quantitative estimate of drug-likeness (QED) is 0.167. The number of unbranched alkanes of at least 4 members (excludes halogenated alkanes) is 3. The molecule has 0 N–H and O–H groups in total. The van der Waals surface area contributed by atoms with Crippen LogP contribution in [0.25, 0.3) is 0 Å². The van der Waals surface area contributed by atoms with Crippen LogP contribution >= 0.6 is 0 Å². The minimum atomic E-state index is -1.60. The first-order valence-corrected chi connectivity index (χ1v) is 9.58. The van der Waals surface area contributed by atoms with Crippen LogP contribution < -0.4 is 0 Å². The maximum atomic E-state index is 13.0. The third-order valence-corrected chi connectivity index (χ3v) is 5.53. The van der Waals surface area contributed by atoms with Crippen molar-refractivity contribution in [3.05, 3.63) is 47.0 Å². The minimum Gasteiger partial charge on any atom is -0.469 e. The fraction of sp³-hybridized carbons (Fsp3) is 0.455. The van der Waals surface area contributed by atoms with Gasteiger partial charge in [-0.1, -0.05) is 25.8 Å². The van der Waals surface area contributed by atoms with Crippen LogP contribution in [0.5, 0.6) is 0 Å². The van der Waals surface area contributed by atoms with Crippen LogP contribution in [0.2, 0.25) is 0 Å². The smallest absolute Gasteiger partial charge is 0.318 e. The van der Waals surface area contributed by atoms with Crippen molar-refractivity contribution in [3.63, 3.8) is 0 Å². The van der Waals surface area contributed by atoms with E-state index in [0.717, 1.165) is 25.7 Å². The molecule has 6 heteroatoms. The van der Waals surface area contributed by atoms with Crippen molar-refractivity contribution in [2.45, 2.75) is 52.1 Å². The number of carbonyl (C=O) groups excluding carboxylic acids is 4. The fourth-order valence-corrected chi connectivity index (χ4v) is 4.07. The number of ether oxygens (including phenoxy) is 2. The molecule has 0 radical (unpaired) electrons. The SMILES string of the molecule is CCCCC/C=C/C(=O)[C@H]1C(=O)O[C@@]2(C)C(=O)C(C=O)=C3C=C(C)OC=C3[C@H]12. The number of carbonyl (C=O) groups is 4. The second kappa shape index (κ2) is 7.70. The lowest BCUT2D eigenvalue weighted by atomic mass is 9.65. The maximum absolute atomic E-state index is 13.0. The van der Waals surface area contributed by atoms with Gasteiger partial charge in [-0.3, -0.25) is 19.2 Å². The van der Waals surface area contributed by atoms with Gasteiger partial charge in [-0.15, -0.1) is 0 Å². The van der Waals surface area contributed by atoms with Gasteiger partial charge < -0.3 is 9.47 Å². The standard InChI is InChI=1S/C22H24O6/c1-4-5-6-7-8-9-17(24)18-19-16-12-27-13(2)10-14(16)15(11-23)20(25)22(19,3)28-21(18)26/h8-12,18-19H,4-7H2,1-3H3/b9-8+/t18-,19-,22-/m1/s1. The zero-order chi connectivity index (χ0) is 20.5. The second-order valence-electron chi connectivity index (χ2n) is 7.50. The van der Waals surface area contributed by atoms with E-state index < -0.39 is 35.0 Å². The lowest BCUT2D eigenvalue weighted by Gasteiger charge is -2.37. The molecule has 28 heavy (non-hydrogen) atoms. The Morgan fingerprint density at radius 2 is 2.04 bits per heavy atom. The van der Waals surface area contributed by atoms with E-state index in [4.69, 9.17) is 9.47 Å². The van der Waals surface area contributed by atoms with E-state index in [9.17, 15) is 19.2 Å². The molecule has 3 atom stereocenters. The van der Waals surface area contributed by atoms with Gasteiger partial charge >= 0.3 is 5.97 Å². The summed E-state index contributed by atoms with van der Waals surface area (Å²) in [5.74, 6) is -3.18. The van der Waals surface area contributed by atoms with Crippen LogP contribution in [0, 0.1) is 11.8 Å². The summed E-state index contributed by atoms with van der Waals surface area (Å²) < 4.78 is 10.9. The molecular formula is C22H24O6. The number of fused-ring (bicyclic) bond motifs is 3. The molecule has 2 aliphatic heterocycles. The summed E-state index contributed by atoms with van der Waals surface area (Å²) in [6.07, 6.45) is 10.5. The Labute approximate surface area is 164 Å². The number of rotatable bonds is 7. The number of aldehydes is 1. The first-order valence-electron chi connectivity index (χ1n) is 9.58. The molecule has 0 spiro atoms. The van der Waals surface area contributed by atoms with E-state index >= 15 is 0 Å². The Kier molecular flexibility index (Phi) is 5.49. The van der Waals surface area contributed by atoms with Gasteiger partial charge in [-0.2, -0.15) is 0 Å². The predicted octanol–water partition coefficient (Wildman–Crippen LogP) is 3.14. The van der Waals surface area contributed by atoms with Gasteiger partial charge in [0.25, 0.3) is 0 Å². The summed E-state index contributed by atoms with van der Waals surface area (Å²) in [4.78, 5) is 50.0. The molecule has 0 aromatic heterocycles. The lowest BCUT2D eigenvalue weighted by molar-refractivity contribution is -0.157. The highest BCUT2D eigenvalue weighted by atomic mass is 16.6. The summed E-state index contributed by atoms with van der Waals surface area (Å²) in [5.41, 5.74) is -0.794. The van der Waals surface area contributed by atoms with Crippen molar-refractivity contribution >= 4 is 23.8 Å². The molecule has 2 heterocycles. The van der Waals surface area contributed by atoms with Crippen molar-refractivity contribution in [2.75, 3.05) is 0 Å². The van der Waals surface area contributed by atoms with Gasteiger partial charge in [0.05, 0.1) is 17.8 Å². The molecular weight excluding hydrogens is 360 g/mol. The lowest BCUT2D eigenvalue weighted by Crippen LogP contribution is -2.48. The fourth-order valence-electron chi connectivity index (χ4n) is 4.07. The number of hydrogen-bond acceptors (Lipinski definition) is 6. The van der Waals surface area contributed by atoms with Crippen molar-refractivity contribution in [2.24, 2.45) is 11.8 Å². The number of esters is 1. The zero-order valence-electron chi connectivity index (χ0n) is 16.3. The van der Waals surface area contributed by atoms with Gasteiger partial charge in [0.2, 0.25) is 5.78 Å². The highest BCUT2D eigenvalue weighted by molar-refractivity contribution is 6.21. The highest BCUT2D eigenvalue weighted by Crippen LogP contribution is 2.51. The van der Waals surface area contributed by atoms with Gasteiger partial charge in [0, 0.05) is 5.57 Å². The zero-order valence-corrected chi connectivity index (χ0v) is 16.3. The Morgan fingerprint density at radius 1 is 1.29 bits per heavy atom. The topological polar surface area (TPSA) is 86.7 Å². The third kappa shape index (κ3) is 3.17. The average Bonchev–Trinajstić information content (AvgIpc) is 2.93. The second-order valence-corrected chi connectivity index (χ2v) is 7.50. The van der Waals surface area contributed by atoms with Gasteiger partial charge in [-0.25, -0.2) is 0 Å². The van der Waals surface area contributed by atoms with Gasteiger partial charge in [-0.05, 0) is 44.4 Å². The molecule has 0 aromatic carbocycles. The van der Waals surface area contributed by atoms with Crippen LogP contribution in [0.15, 0.2) is 47.0 Å². The minimum absolute atomic E-state index is 0.0661. The molecule has 6 nitrogen and oxygen atoms in total. The molecule has 0 aromatic rings. The number of ketones is 2. The first-order chi connectivity index (χ1) is 13.3. The van der Waals surface area contributed by atoms with Crippen molar-refractivity contribution in [3.8, 4) is 0 Å². The molecule has 1 aliphatic carbocycles. The van der Waals surface area contributed by atoms with Crippen LogP contribution in [0.1, 0.15) is 46.5 Å². The van der Waals surface area contributed by atoms with E-state index in [2.05, 4.69) is 6.92 Å². The van der Waals surface area contributed by atoms with E-state index in [0.29, 0.717) is 23.2 Å². The third-order valence-electron chi connectivity index (χ3n) is 5.53. The van der Waals surface area contributed by atoms with E-state index in [-0.39, 0.29) is 5.57 Å². The van der Waals surface area contributed by atoms with Gasteiger partial charge in [0.1, 0.15) is 11.7 Å². The molecule has 1 saturated heterocycles. The van der Waals surface area contributed by atoms with E-state index in [1.807, 2.05) is 0 Å². The highest BCUT2D eigenvalue weighted by Gasteiger charge is 2.63. The Hall–Kier alpha value is -2.76. The summed E-state index contributed by atoms with van der Waals surface area (Å²) in [7, 11) is 0. The largest absolute Gasteiger partial charge is 0.469 e. The van der Waals surface area contributed by atoms with E-state index in [1.54, 1.807) is 19.1 Å². The molecule has 1 fully saturated rings. The molecule has 3 aliphatic rings. The molecule has 0 saturated carbocycles. The Bertz CT molecular complexity index is 856. The number of Topliss-reactive ketones (excluding diaryl/α,β-unsaturated/α-hetero) is 1. The van der Waals surface area contributed by atoms with Crippen LogP contribution in [-0.4, -0.2) is 29.4 Å². The maximum Gasteiger partial charge on any atom is 0.318 e.